The van der Waals surface area contributed by atoms with Gasteiger partial charge in [-0.15, -0.1) is 0 Å². The molecule has 0 aromatic rings. The highest BCUT2D eigenvalue weighted by atomic mass is 32.1. The van der Waals surface area contributed by atoms with Gasteiger partial charge in [0.15, 0.2) is 0 Å². The predicted octanol–water partition coefficient (Wildman–Crippen LogP) is 2.50. The van der Waals surface area contributed by atoms with Gasteiger partial charge in [-0.1, -0.05) is 26.1 Å². The Morgan fingerprint density at radius 1 is 1.55 bits per heavy atom. The van der Waals surface area contributed by atoms with Crippen LogP contribution in [-0.2, 0) is 0 Å². The van der Waals surface area contributed by atoms with Gasteiger partial charge in [-0.3, -0.25) is 0 Å². The number of thiocarbonyl (C=S) groups is 1. The van der Waals surface area contributed by atoms with Crippen molar-refractivity contribution in [3.8, 4) is 0 Å². The van der Waals surface area contributed by atoms with Gasteiger partial charge in [0.2, 0.25) is 0 Å². The van der Waals surface area contributed by atoms with Gasteiger partial charge >= 0.3 is 0 Å². The van der Waals surface area contributed by atoms with Gasteiger partial charge in [0.25, 0.3) is 0 Å². The van der Waals surface area contributed by atoms with Gasteiger partial charge in [0.1, 0.15) is 0 Å². The highest BCUT2D eigenvalue weighted by Gasteiger charge is 2.21. The van der Waals surface area contributed by atoms with E-state index in [1.807, 2.05) is 0 Å². The molecule has 0 spiro atoms. The lowest BCUT2D eigenvalue weighted by Crippen LogP contribution is -2.23. The van der Waals surface area contributed by atoms with Crippen molar-refractivity contribution in [2.24, 2.45) is 5.92 Å². The summed E-state index contributed by atoms with van der Waals surface area (Å²) in [6, 6.07) is 0.731. The standard InChI is InChI=1S/C9H17NS/c1-7(2)3-6-9(11)10-8-4-5-8/h7-8H,3-6H2,1-2H3,(H,10,11). The van der Waals surface area contributed by atoms with Gasteiger partial charge in [0, 0.05) is 6.04 Å². The molecule has 0 saturated heterocycles. The monoisotopic (exact) mass is 171 g/mol. The third-order valence-electron chi connectivity index (χ3n) is 1.89. The van der Waals surface area contributed by atoms with Crippen LogP contribution >= 0.6 is 12.2 Å². The van der Waals surface area contributed by atoms with Crippen LogP contribution < -0.4 is 5.32 Å². The van der Waals surface area contributed by atoms with Crippen molar-refractivity contribution in [2.75, 3.05) is 0 Å². The van der Waals surface area contributed by atoms with Crippen molar-refractivity contribution in [3.05, 3.63) is 0 Å². The molecule has 0 heterocycles. The Morgan fingerprint density at radius 2 is 2.18 bits per heavy atom. The maximum absolute atomic E-state index is 5.18. The van der Waals surface area contributed by atoms with Crippen molar-refractivity contribution in [2.45, 2.75) is 45.6 Å². The van der Waals surface area contributed by atoms with E-state index in [2.05, 4.69) is 19.2 Å². The van der Waals surface area contributed by atoms with Crippen molar-refractivity contribution in [3.63, 3.8) is 0 Å². The zero-order valence-electron chi connectivity index (χ0n) is 7.39. The molecular formula is C9H17NS. The normalized spacial score (nSPS) is 17.0. The molecule has 2 heteroatoms. The fraction of sp³-hybridized carbons (Fsp3) is 0.889. The van der Waals surface area contributed by atoms with Crippen molar-refractivity contribution in [1.29, 1.82) is 0 Å². The zero-order valence-corrected chi connectivity index (χ0v) is 8.21. The second-order valence-electron chi connectivity index (χ2n) is 3.77. The summed E-state index contributed by atoms with van der Waals surface area (Å²) in [4.78, 5) is 1.07. The molecular weight excluding hydrogens is 154 g/mol. The molecule has 1 nitrogen and oxygen atoms in total. The quantitative estimate of drug-likeness (QED) is 0.652. The Balaban J connectivity index is 2.00. The SMILES string of the molecule is CC(C)CCC(=S)NC1CC1. The second kappa shape index (κ2) is 4.05. The first-order valence-corrected chi connectivity index (χ1v) is 4.88. The molecule has 1 fully saturated rings. The molecule has 0 amide bonds. The summed E-state index contributed by atoms with van der Waals surface area (Å²) < 4.78 is 0. The molecule has 0 aromatic carbocycles. The molecule has 1 saturated carbocycles. The van der Waals surface area contributed by atoms with E-state index >= 15 is 0 Å². The Bertz CT molecular complexity index is 138. The molecule has 1 rings (SSSR count). The Labute approximate surface area is 74.6 Å². The van der Waals surface area contributed by atoms with E-state index in [9.17, 15) is 0 Å². The Kier molecular flexibility index (Phi) is 3.31. The lowest BCUT2D eigenvalue weighted by molar-refractivity contribution is 0.600. The van der Waals surface area contributed by atoms with Gasteiger partial charge in [-0.25, -0.2) is 0 Å². The molecule has 64 valence electrons. The largest absolute Gasteiger partial charge is 0.377 e. The van der Waals surface area contributed by atoms with Gasteiger partial charge in [0.05, 0.1) is 4.99 Å². The van der Waals surface area contributed by atoms with Crippen LogP contribution in [0.25, 0.3) is 0 Å². The van der Waals surface area contributed by atoms with E-state index in [1.165, 1.54) is 19.3 Å². The minimum absolute atomic E-state index is 0.731. The summed E-state index contributed by atoms with van der Waals surface area (Å²) in [6.45, 7) is 4.47. The van der Waals surface area contributed by atoms with Crippen LogP contribution in [0.3, 0.4) is 0 Å². The van der Waals surface area contributed by atoms with Gasteiger partial charge in [-0.2, -0.15) is 0 Å². The Hall–Kier alpha value is -0.110. The predicted molar refractivity (Wildman–Crippen MR) is 52.8 cm³/mol. The first-order chi connectivity index (χ1) is 5.18. The minimum atomic E-state index is 0.731. The van der Waals surface area contributed by atoms with Crippen LogP contribution in [0.4, 0.5) is 0 Å². The fourth-order valence-electron chi connectivity index (χ4n) is 0.947. The number of rotatable bonds is 4. The summed E-state index contributed by atoms with van der Waals surface area (Å²) in [5.74, 6) is 0.772. The first kappa shape index (κ1) is 8.98. The first-order valence-electron chi connectivity index (χ1n) is 4.48. The number of nitrogens with one attached hydrogen (secondary N) is 1. The summed E-state index contributed by atoms with van der Waals surface area (Å²) in [5.41, 5.74) is 0. The number of hydrogen-bond acceptors (Lipinski definition) is 1. The van der Waals surface area contributed by atoms with E-state index in [4.69, 9.17) is 12.2 Å². The topological polar surface area (TPSA) is 12.0 Å². The van der Waals surface area contributed by atoms with Crippen LogP contribution in [0, 0.1) is 5.92 Å². The molecule has 0 aliphatic heterocycles. The zero-order chi connectivity index (χ0) is 8.27. The van der Waals surface area contributed by atoms with Crippen LogP contribution in [0.1, 0.15) is 39.5 Å². The van der Waals surface area contributed by atoms with E-state index < -0.39 is 0 Å². The highest BCUT2D eigenvalue weighted by Crippen LogP contribution is 2.19. The highest BCUT2D eigenvalue weighted by molar-refractivity contribution is 7.80. The van der Waals surface area contributed by atoms with Gasteiger partial charge in [-0.05, 0) is 31.6 Å². The van der Waals surface area contributed by atoms with E-state index in [0.29, 0.717) is 0 Å². The van der Waals surface area contributed by atoms with E-state index in [1.54, 1.807) is 0 Å². The molecule has 1 aliphatic carbocycles. The molecule has 1 aliphatic rings. The minimum Gasteiger partial charge on any atom is -0.377 e. The maximum atomic E-state index is 5.18. The van der Waals surface area contributed by atoms with E-state index in [0.717, 1.165) is 23.4 Å². The van der Waals surface area contributed by atoms with Gasteiger partial charge < -0.3 is 5.32 Å². The van der Waals surface area contributed by atoms with Crippen molar-refractivity contribution >= 4 is 17.2 Å². The molecule has 0 radical (unpaired) electrons. The molecule has 0 unspecified atom stereocenters. The summed E-state index contributed by atoms with van der Waals surface area (Å²) in [6.07, 6.45) is 4.94. The molecule has 0 atom stereocenters. The van der Waals surface area contributed by atoms with Crippen LogP contribution in [0.2, 0.25) is 0 Å². The van der Waals surface area contributed by atoms with Crippen molar-refractivity contribution < 1.29 is 0 Å². The molecule has 11 heavy (non-hydrogen) atoms. The van der Waals surface area contributed by atoms with E-state index in [-0.39, 0.29) is 0 Å². The third-order valence-corrected chi connectivity index (χ3v) is 2.21. The summed E-state index contributed by atoms with van der Waals surface area (Å²) in [5, 5.41) is 3.34. The second-order valence-corrected chi connectivity index (χ2v) is 4.27. The summed E-state index contributed by atoms with van der Waals surface area (Å²) >= 11 is 5.18. The maximum Gasteiger partial charge on any atom is 0.0755 e. The lowest BCUT2D eigenvalue weighted by atomic mass is 10.1. The third kappa shape index (κ3) is 4.35. The fourth-order valence-corrected chi connectivity index (χ4v) is 1.23. The Morgan fingerprint density at radius 3 is 2.64 bits per heavy atom. The summed E-state index contributed by atoms with van der Waals surface area (Å²) in [7, 11) is 0. The van der Waals surface area contributed by atoms with Crippen LogP contribution in [-0.4, -0.2) is 11.0 Å². The van der Waals surface area contributed by atoms with Crippen molar-refractivity contribution in [1.82, 2.24) is 5.32 Å². The lowest BCUT2D eigenvalue weighted by Gasteiger charge is -2.07. The molecule has 0 bridgehead atoms. The van der Waals surface area contributed by atoms with Crippen LogP contribution in [0.15, 0.2) is 0 Å². The average Bonchev–Trinajstić information content (AvgIpc) is 2.67. The molecule has 0 aromatic heterocycles. The molecule has 1 N–H and O–H groups in total. The smallest absolute Gasteiger partial charge is 0.0755 e. The number of hydrogen-bond donors (Lipinski definition) is 1. The average molecular weight is 171 g/mol. The van der Waals surface area contributed by atoms with Crippen LogP contribution in [0.5, 0.6) is 0 Å².